The maximum absolute atomic E-state index is 12.4. The van der Waals surface area contributed by atoms with Crippen molar-refractivity contribution in [2.75, 3.05) is 13.6 Å². The lowest BCUT2D eigenvalue weighted by atomic mass is 10.1. The van der Waals surface area contributed by atoms with Crippen molar-refractivity contribution in [3.05, 3.63) is 29.8 Å². The Morgan fingerprint density at radius 2 is 1.95 bits per heavy atom. The Morgan fingerprint density at radius 1 is 1.23 bits per heavy atom. The van der Waals surface area contributed by atoms with Crippen LogP contribution in [0.3, 0.4) is 0 Å². The van der Waals surface area contributed by atoms with Crippen LogP contribution in [0.5, 0.6) is 5.75 Å². The summed E-state index contributed by atoms with van der Waals surface area (Å²) in [5.74, 6) is 1.51. The van der Waals surface area contributed by atoms with Crippen molar-refractivity contribution in [2.24, 2.45) is 10.9 Å². The molecule has 1 aromatic rings. The highest BCUT2D eigenvalue weighted by atomic mass is 19.3. The Hall–Kier alpha value is -1.85. The number of halogens is 2. The molecule has 0 fully saturated rings. The molecule has 1 rings (SSSR count). The van der Waals surface area contributed by atoms with E-state index < -0.39 is 6.61 Å². The summed E-state index contributed by atoms with van der Waals surface area (Å²) >= 11 is 0. The molecule has 0 unspecified atom stereocenters. The third-order valence-electron chi connectivity index (χ3n) is 3.11. The highest BCUT2D eigenvalue weighted by Crippen LogP contribution is 2.19. The lowest BCUT2D eigenvalue weighted by molar-refractivity contribution is -0.0504. The van der Waals surface area contributed by atoms with Gasteiger partial charge in [-0.3, -0.25) is 4.99 Å². The first-order valence-corrected chi connectivity index (χ1v) is 7.50. The van der Waals surface area contributed by atoms with Gasteiger partial charge in [0.2, 0.25) is 0 Å². The molecule has 0 aliphatic carbocycles. The number of aliphatic imine (C=N–C) groups is 1. The predicted molar refractivity (Wildman–Crippen MR) is 85.3 cm³/mol. The van der Waals surface area contributed by atoms with E-state index in [9.17, 15) is 8.78 Å². The molecule has 0 heterocycles. The molecule has 22 heavy (non-hydrogen) atoms. The summed E-state index contributed by atoms with van der Waals surface area (Å²) < 4.78 is 29.2. The number of nitrogens with zero attached hydrogens (tertiary/aromatic N) is 1. The van der Waals surface area contributed by atoms with Gasteiger partial charge in [0.15, 0.2) is 5.96 Å². The molecule has 0 aliphatic heterocycles. The van der Waals surface area contributed by atoms with Gasteiger partial charge in [0, 0.05) is 25.7 Å². The number of hydrogen-bond donors (Lipinski definition) is 2. The highest BCUT2D eigenvalue weighted by Gasteiger charge is 2.09. The normalized spacial score (nSPS) is 11.9. The van der Waals surface area contributed by atoms with Crippen LogP contribution in [0.2, 0.25) is 0 Å². The molecule has 0 radical (unpaired) electrons. The number of nitrogens with one attached hydrogen (secondary N) is 2. The van der Waals surface area contributed by atoms with Crippen molar-refractivity contribution in [3.63, 3.8) is 0 Å². The smallest absolute Gasteiger partial charge is 0.387 e. The number of para-hydroxylation sites is 1. The van der Waals surface area contributed by atoms with Crippen LogP contribution in [0, 0.1) is 5.92 Å². The van der Waals surface area contributed by atoms with Gasteiger partial charge in [0.05, 0.1) is 0 Å². The minimum Gasteiger partial charge on any atom is -0.434 e. The number of ether oxygens (including phenoxy) is 1. The Bertz CT molecular complexity index is 464. The van der Waals surface area contributed by atoms with Gasteiger partial charge in [-0.1, -0.05) is 32.0 Å². The van der Waals surface area contributed by atoms with Crippen LogP contribution in [0.4, 0.5) is 8.78 Å². The van der Waals surface area contributed by atoms with Gasteiger partial charge < -0.3 is 15.4 Å². The summed E-state index contributed by atoms with van der Waals surface area (Å²) in [6.45, 7) is 2.74. The van der Waals surface area contributed by atoms with Crippen molar-refractivity contribution in [1.82, 2.24) is 10.6 Å². The van der Waals surface area contributed by atoms with Gasteiger partial charge in [-0.2, -0.15) is 8.78 Å². The fourth-order valence-electron chi connectivity index (χ4n) is 1.98. The third kappa shape index (κ3) is 7.24. The molecule has 6 heteroatoms. The van der Waals surface area contributed by atoms with Crippen molar-refractivity contribution in [3.8, 4) is 5.75 Å². The van der Waals surface area contributed by atoms with Gasteiger partial charge >= 0.3 is 6.61 Å². The van der Waals surface area contributed by atoms with Crippen LogP contribution in [-0.2, 0) is 6.54 Å². The van der Waals surface area contributed by atoms with Crippen LogP contribution in [0.15, 0.2) is 29.3 Å². The Morgan fingerprint density at radius 3 is 2.59 bits per heavy atom. The molecule has 2 N–H and O–H groups in total. The Balaban J connectivity index is 2.46. The second-order valence-electron chi connectivity index (χ2n) is 5.37. The highest BCUT2D eigenvalue weighted by molar-refractivity contribution is 5.79. The lowest BCUT2D eigenvalue weighted by Gasteiger charge is -2.14. The maximum atomic E-state index is 12.4. The zero-order chi connectivity index (χ0) is 16.4. The van der Waals surface area contributed by atoms with Gasteiger partial charge in [-0.25, -0.2) is 0 Å². The number of hydrogen-bond acceptors (Lipinski definition) is 2. The first-order valence-electron chi connectivity index (χ1n) is 7.50. The summed E-state index contributed by atoms with van der Waals surface area (Å²) in [7, 11) is 1.68. The predicted octanol–water partition coefficient (Wildman–Crippen LogP) is 3.39. The van der Waals surface area contributed by atoms with E-state index in [0.717, 1.165) is 19.4 Å². The van der Waals surface area contributed by atoms with E-state index in [2.05, 4.69) is 34.2 Å². The fraction of sp³-hybridized carbons (Fsp3) is 0.562. The molecule has 0 saturated heterocycles. The molecule has 1 aromatic carbocycles. The molecule has 0 spiro atoms. The number of guanidine groups is 1. The van der Waals surface area contributed by atoms with E-state index in [0.29, 0.717) is 24.0 Å². The lowest BCUT2D eigenvalue weighted by Crippen LogP contribution is -2.37. The molecule has 0 atom stereocenters. The molecule has 4 nitrogen and oxygen atoms in total. The van der Waals surface area contributed by atoms with E-state index in [1.807, 2.05) is 0 Å². The van der Waals surface area contributed by atoms with Crippen molar-refractivity contribution in [2.45, 2.75) is 39.8 Å². The van der Waals surface area contributed by atoms with Crippen LogP contribution >= 0.6 is 0 Å². The molecule has 0 aromatic heterocycles. The Labute approximate surface area is 131 Å². The van der Waals surface area contributed by atoms with Gasteiger partial charge in [0.25, 0.3) is 0 Å². The minimum absolute atomic E-state index is 0.181. The summed E-state index contributed by atoms with van der Waals surface area (Å²) in [6.07, 6.45) is 2.21. The molecular formula is C16H25F2N3O. The van der Waals surface area contributed by atoms with Gasteiger partial charge in [-0.15, -0.1) is 0 Å². The Kier molecular flexibility index (Phi) is 8.25. The monoisotopic (exact) mass is 313 g/mol. The molecule has 0 amide bonds. The number of benzene rings is 1. The van der Waals surface area contributed by atoms with Gasteiger partial charge in [-0.05, 0) is 24.8 Å². The zero-order valence-corrected chi connectivity index (χ0v) is 13.4. The largest absolute Gasteiger partial charge is 0.434 e. The maximum Gasteiger partial charge on any atom is 0.387 e. The van der Waals surface area contributed by atoms with Crippen LogP contribution in [0.25, 0.3) is 0 Å². The quantitative estimate of drug-likeness (QED) is 0.439. The summed E-state index contributed by atoms with van der Waals surface area (Å²) in [6, 6.07) is 6.73. The zero-order valence-electron chi connectivity index (χ0n) is 13.4. The average molecular weight is 313 g/mol. The SMILES string of the molecule is CN=C(NCCCC(C)C)NCc1ccccc1OC(F)F. The molecule has 0 aliphatic rings. The summed E-state index contributed by atoms with van der Waals surface area (Å²) in [4.78, 5) is 4.12. The molecular weight excluding hydrogens is 288 g/mol. The second-order valence-corrected chi connectivity index (χ2v) is 5.37. The molecule has 0 saturated carbocycles. The van der Waals surface area contributed by atoms with E-state index >= 15 is 0 Å². The minimum atomic E-state index is -2.82. The van der Waals surface area contributed by atoms with E-state index in [4.69, 9.17) is 0 Å². The summed E-state index contributed by atoms with van der Waals surface area (Å²) in [5, 5.41) is 6.31. The second kappa shape index (κ2) is 9.97. The summed E-state index contributed by atoms with van der Waals surface area (Å²) in [5.41, 5.74) is 0.660. The first kappa shape index (κ1) is 18.2. The topological polar surface area (TPSA) is 45.7 Å². The fourth-order valence-corrected chi connectivity index (χ4v) is 1.98. The van der Waals surface area contributed by atoms with Crippen molar-refractivity contribution >= 4 is 5.96 Å². The number of rotatable bonds is 8. The van der Waals surface area contributed by atoms with E-state index in [1.165, 1.54) is 6.07 Å². The molecule has 124 valence electrons. The van der Waals surface area contributed by atoms with Gasteiger partial charge in [0.1, 0.15) is 5.75 Å². The van der Waals surface area contributed by atoms with E-state index in [1.54, 1.807) is 25.2 Å². The average Bonchev–Trinajstić information content (AvgIpc) is 2.47. The first-order chi connectivity index (χ1) is 10.5. The van der Waals surface area contributed by atoms with Crippen LogP contribution < -0.4 is 15.4 Å². The van der Waals surface area contributed by atoms with E-state index in [-0.39, 0.29) is 5.75 Å². The van der Waals surface area contributed by atoms with Crippen molar-refractivity contribution < 1.29 is 13.5 Å². The molecule has 0 bridgehead atoms. The standard InChI is InChI=1S/C16H25F2N3O/c1-12(2)7-6-10-20-16(19-3)21-11-13-8-4-5-9-14(13)22-15(17)18/h4-5,8-9,12,15H,6-7,10-11H2,1-3H3,(H2,19,20,21). The van der Waals surface area contributed by atoms with Crippen molar-refractivity contribution in [1.29, 1.82) is 0 Å². The van der Waals surface area contributed by atoms with Crippen LogP contribution in [0.1, 0.15) is 32.3 Å². The number of alkyl halides is 2. The third-order valence-corrected chi connectivity index (χ3v) is 3.11. The van der Waals surface area contributed by atoms with Crippen LogP contribution in [-0.4, -0.2) is 26.2 Å².